The Bertz CT molecular complexity index is 396. The lowest BCUT2D eigenvalue weighted by Gasteiger charge is -2.16. The van der Waals surface area contributed by atoms with E-state index in [-0.39, 0.29) is 12.0 Å². The Kier molecular flexibility index (Phi) is 3.78. The minimum atomic E-state index is -0.699. The van der Waals surface area contributed by atoms with Crippen LogP contribution >= 0.6 is 0 Å². The zero-order chi connectivity index (χ0) is 11.4. The first-order valence-corrected chi connectivity index (χ1v) is 4.46. The molecule has 4 heteroatoms. The molecule has 2 nitrogen and oxygen atoms in total. The molecule has 1 aromatic carbocycles. The molecular formula is C11H12F2N2. The van der Waals surface area contributed by atoms with Gasteiger partial charge in [-0.3, -0.25) is 11.3 Å². The van der Waals surface area contributed by atoms with E-state index in [1.165, 1.54) is 12.1 Å². The predicted octanol–water partition coefficient (Wildman–Crippen LogP) is 1.80. The van der Waals surface area contributed by atoms with Crippen molar-refractivity contribution in [3.63, 3.8) is 0 Å². The Balaban J connectivity index is 3.22. The average Bonchev–Trinajstić information content (AvgIpc) is 2.22. The van der Waals surface area contributed by atoms with E-state index in [9.17, 15) is 8.78 Å². The molecule has 0 amide bonds. The van der Waals surface area contributed by atoms with Crippen LogP contribution in [0.5, 0.6) is 0 Å². The number of aryl methyl sites for hydroxylation is 1. The van der Waals surface area contributed by atoms with Crippen molar-refractivity contribution in [2.24, 2.45) is 5.84 Å². The van der Waals surface area contributed by atoms with Gasteiger partial charge in [-0.2, -0.15) is 0 Å². The first-order chi connectivity index (χ1) is 7.11. The second kappa shape index (κ2) is 4.87. The molecule has 0 aromatic heterocycles. The zero-order valence-electron chi connectivity index (χ0n) is 8.35. The van der Waals surface area contributed by atoms with Crippen LogP contribution in [0, 0.1) is 30.9 Å². The van der Waals surface area contributed by atoms with Gasteiger partial charge in [-0.1, -0.05) is 6.07 Å². The number of nitrogens with one attached hydrogen (secondary N) is 1. The summed E-state index contributed by atoms with van der Waals surface area (Å²) in [6, 6.07) is 1.88. The van der Waals surface area contributed by atoms with Crippen LogP contribution in [-0.4, -0.2) is 0 Å². The zero-order valence-corrected chi connectivity index (χ0v) is 8.35. The van der Waals surface area contributed by atoms with Gasteiger partial charge in [0, 0.05) is 12.0 Å². The maximum atomic E-state index is 13.6. The van der Waals surface area contributed by atoms with Gasteiger partial charge in [0.1, 0.15) is 11.6 Å². The van der Waals surface area contributed by atoms with Crippen molar-refractivity contribution in [1.82, 2.24) is 5.43 Å². The fraction of sp³-hybridized carbons (Fsp3) is 0.273. The summed E-state index contributed by atoms with van der Waals surface area (Å²) in [5.41, 5.74) is 2.57. The van der Waals surface area contributed by atoms with Crippen molar-refractivity contribution in [2.75, 3.05) is 0 Å². The van der Waals surface area contributed by atoms with Crippen LogP contribution in [-0.2, 0) is 0 Å². The quantitative estimate of drug-likeness (QED) is 0.453. The summed E-state index contributed by atoms with van der Waals surface area (Å²) >= 11 is 0. The maximum absolute atomic E-state index is 13.6. The first kappa shape index (κ1) is 11.6. The monoisotopic (exact) mass is 210 g/mol. The van der Waals surface area contributed by atoms with E-state index in [2.05, 4.69) is 11.3 Å². The Morgan fingerprint density at radius 1 is 1.53 bits per heavy atom. The van der Waals surface area contributed by atoms with Gasteiger partial charge in [0.2, 0.25) is 0 Å². The fourth-order valence-electron chi connectivity index (χ4n) is 1.36. The molecule has 0 aliphatic rings. The third-order valence-corrected chi connectivity index (χ3v) is 2.19. The van der Waals surface area contributed by atoms with E-state index >= 15 is 0 Å². The molecule has 0 radical (unpaired) electrons. The Morgan fingerprint density at radius 3 is 2.73 bits per heavy atom. The highest BCUT2D eigenvalue weighted by atomic mass is 19.1. The minimum Gasteiger partial charge on any atom is -0.271 e. The van der Waals surface area contributed by atoms with Crippen LogP contribution in [0.4, 0.5) is 8.78 Å². The van der Waals surface area contributed by atoms with Gasteiger partial charge < -0.3 is 0 Å². The highest BCUT2D eigenvalue weighted by Gasteiger charge is 2.19. The van der Waals surface area contributed by atoms with Gasteiger partial charge >= 0.3 is 0 Å². The van der Waals surface area contributed by atoms with Gasteiger partial charge in [-0.25, -0.2) is 8.78 Å². The molecule has 0 saturated carbocycles. The molecule has 0 spiro atoms. The largest absolute Gasteiger partial charge is 0.271 e. The highest BCUT2D eigenvalue weighted by Crippen LogP contribution is 2.24. The van der Waals surface area contributed by atoms with E-state index < -0.39 is 17.7 Å². The van der Waals surface area contributed by atoms with Crippen LogP contribution in [0.2, 0.25) is 0 Å². The second-order valence-corrected chi connectivity index (χ2v) is 3.22. The average molecular weight is 210 g/mol. The van der Waals surface area contributed by atoms with Gasteiger partial charge in [-0.15, -0.1) is 12.3 Å². The minimum absolute atomic E-state index is 0.101. The number of nitrogens with two attached hydrogens (primary N) is 1. The normalized spacial score (nSPS) is 12.2. The van der Waals surface area contributed by atoms with Crippen molar-refractivity contribution in [3.05, 3.63) is 34.9 Å². The molecule has 3 N–H and O–H groups in total. The maximum Gasteiger partial charge on any atom is 0.133 e. The summed E-state index contributed by atoms with van der Waals surface area (Å²) in [5.74, 6) is 6.27. The summed E-state index contributed by atoms with van der Waals surface area (Å²) in [6.07, 6.45) is 5.22. The fourth-order valence-corrected chi connectivity index (χ4v) is 1.36. The Hall–Kier alpha value is -1.44. The van der Waals surface area contributed by atoms with Crippen LogP contribution in [0.3, 0.4) is 0 Å². The van der Waals surface area contributed by atoms with Gasteiger partial charge in [0.15, 0.2) is 0 Å². The standard InChI is InChI=1S/C11H12F2N2/c1-3-4-9(15-14)10-8(12)6-5-7(2)11(10)13/h1,5-6,9,15H,4,14H2,2H3. The number of hydrogen-bond acceptors (Lipinski definition) is 2. The summed E-state index contributed by atoms with van der Waals surface area (Å²) in [7, 11) is 0. The molecule has 0 aliphatic carbocycles. The summed E-state index contributed by atoms with van der Waals surface area (Å²) < 4.78 is 27.0. The molecule has 0 aliphatic heterocycles. The van der Waals surface area contributed by atoms with Crippen molar-refractivity contribution in [3.8, 4) is 12.3 Å². The number of rotatable bonds is 3. The smallest absolute Gasteiger partial charge is 0.133 e. The second-order valence-electron chi connectivity index (χ2n) is 3.22. The molecule has 1 aromatic rings. The predicted molar refractivity (Wildman–Crippen MR) is 54.6 cm³/mol. The summed E-state index contributed by atoms with van der Waals surface area (Å²) in [5, 5.41) is 0. The Labute approximate surface area is 87.4 Å². The highest BCUT2D eigenvalue weighted by molar-refractivity contribution is 5.29. The van der Waals surface area contributed by atoms with E-state index in [4.69, 9.17) is 12.3 Å². The molecule has 1 unspecified atom stereocenters. The number of halogens is 2. The van der Waals surface area contributed by atoms with Gasteiger partial charge in [0.05, 0.1) is 6.04 Å². The lowest BCUT2D eigenvalue weighted by Crippen LogP contribution is -2.29. The van der Waals surface area contributed by atoms with Gasteiger partial charge in [-0.05, 0) is 18.6 Å². The third kappa shape index (κ3) is 2.32. The number of hydrazine groups is 1. The molecule has 0 fully saturated rings. The molecule has 1 rings (SSSR count). The van der Waals surface area contributed by atoms with Gasteiger partial charge in [0.25, 0.3) is 0 Å². The molecule has 1 atom stereocenters. The van der Waals surface area contributed by atoms with Crippen molar-refractivity contribution in [2.45, 2.75) is 19.4 Å². The SMILES string of the molecule is C#CCC(NN)c1c(F)ccc(C)c1F. The van der Waals surface area contributed by atoms with Crippen LogP contribution in [0.1, 0.15) is 23.6 Å². The summed E-state index contributed by atoms with van der Waals surface area (Å²) in [4.78, 5) is 0. The van der Waals surface area contributed by atoms with Crippen LogP contribution in [0.15, 0.2) is 12.1 Å². The van der Waals surface area contributed by atoms with Crippen molar-refractivity contribution < 1.29 is 8.78 Å². The molecule has 0 bridgehead atoms. The van der Waals surface area contributed by atoms with Crippen LogP contribution < -0.4 is 11.3 Å². The van der Waals surface area contributed by atoms with Crippen LogP contribution in [0.25, 0.3) is 0 Å². The number of terminal acetylenes is 1. The third-order valence-electron chi connectivity index (χ3n) is 2.19. The number of benzene rings is 1. The first-order valence-electron chi connectivity index (χ1n) is 4.46. The molecule has 0 heterocycles. The molecule has 15 heavy (non-hydrogen) atoms. The molecular weight excluding hydrogens is 198 g/mol. The van der Waals surface area contributed by atoms with Crippen molar-refractivity contribution >= 4 is 0 Å². The van der Waals surface area contributed by atoms with E-state index in [1.54, 1.807) is 6.92 Å². The molecule has 80 valence electrons. The Morgan fingerprint density at radius 2 is 2.20 bits per heavy atom. The molecule has 0 saturated heterocycles. The van der Waals surface area contributed by atoms with Crippen molar-refractivity contribution in [1.29, 1.82) is 0 Å². The number of hydrogen-bond donors (Lipinski definition) is 2. The van der Waals surface area contributed by atoms with E-state index in [0.29, 0.717) is 5.56 Å². The lowest BCUT2D eigenvalue weighted by atomic mass is 10.0. The topological polar surface area (TPSA) is 38.0 Å². The van der Waals surface area contributed by atoms with E-state index in [1.807, 2.05) is 0 Å². The lowest BCUT2D eigenvalue weighted by molar-refractivity contribution is 0.477. The summed E-state index contributed by atoms with van der Waals surface area (Å²) in [6.45, 7) is 1.56. The van der Waals surface area contributed by atoms with E-state index in [0.717, 1.165) is 0 Å².